The SMILES string of the molecule is Cc1cccc(NC(=O)CN(C)Cc2cccc(C#N)c2)c1. The Bertz CT molecular complexity index is 703. The van der Waals surface area contributed by atoms with Gasteiger partial charge in [0.2, 0.25) is 5.91 Å². The fraction of sp³-hybridized carbons (Fsp3) is 0.222. The first-order chi connectivity index (χ1) is 10.6. The highest BCUT2D eigenvalue weighted by Crippen LogP contribution is 2.10. The monoisotopic (exact) mass is 293 g/mol. The molecule has 0 aromatic heterocycles. The van der Waals surface area contributed by atoms with Crippen molar-refractivity contribution >= 4 is 11.6 Å². The lowest BCUT2D eigenvalue weighted by molar-refractivity contribution is -0.117. The maximum Gasteiger partial charge on any atom is 0.238 e. The van der Waals surface area contributed by atoms with Gasteiger partial charge in [-0.3, -0.25) is 9.69 Å². The molecule has 0 heterocycles. The number of hydrogen-bond acceptors (Lipinski definition) is 3. The van der Waals surface area contributed by atoms with Crippen molar-refractivity contribution < 1.29 is 4.79 Å². The largest absolute Gasteiger partial charge is 0.325 e. The standard InChI is InChI=1S/C18H19N3O/c1-14-5-3-8-17(9-14)20-18(22)13-21(2)12-16-7-4-6-15(10-16)11-19/h3-10H,12-13H2,1-2H3,(H,20,22). The molecule has 0 radical (unpaired) electrons. The molecule has 4 nitrogen and oxygen atoms in total. The van der Waals surface area contributed by atoms with E-state index in [0.29, 0.717) is 18.7 Å². The molecule has 0 atom stereocenters. The number of amides is 1. The van der Waals surface area contributed by atoms with Gasteiger partial charge in [0.25, 0.3) is 0 Å². The van der Waals surface area contributed by atoms with E-state index in [1.165, 1.54) is 0 Å². The molecule has 0 aliphatic rings. The van der Waals surface area contributed by atoms with Gasteiger partial charge >= 0.3 is 0 Å². The molecule has 0 saturated heterocycles. The summed E-state index contributed by atoms with van der Waals surface area (Å²) in [6.07, 6.45) is 0. The molecule has 1 N–H and O–H groups in total. The van der Waals surface area contributed by atoms with Crippen molar-refractivity contribution in [2.24, 2.45) is 0 Å². The van der Waals surface area contributed by atoms with E-state index in [-0.39, 0.29) is 5.91 Å². The van der Waals surface area contributed by atoms with Gasteiger partial charge in [-0.2, -0.15) is 5.26 Å². The number of anilines is 1. The normalized spacial score (nSPS) is 10.3. The topological polar surface area (TPSA) is 56.1 Å². The first-order valence-corrected chi connectivity index (χ1v) is 7.11. The molecule has 2 aromatic rings. The van der Waals surface area contributed by atoms with E-state index in [2.05, 4.69) is 11.4 Å². The van der Waals surface area contributed by atoms with Gasteiger partial charge in [-0.15, -0.1) is 0 Å². The summed E-state index contributed by atoms with van der Waals surface area (Å²) < 4.78 is 0. The quantitative estimate of drug-likeness (QED) is 0.922. The molecule has 22 heavy (non-hydrogen) atoms. The second-order valence-electron chi connectivity index (χ2n) is 5.40. The third-order valence-corrected chi connectivity index (χ3v) is 3.22. The van der Waals surface area contributed by atoms with E-state index in [4.69, 9.17) is 5.26 Å². The molecule has 0 aliphatic carbocycles. The van der Waals surface area contributed by atoms with Gasteiger partial charge in [0.15, 0.2) is 0 Å². The molecule has 4 heteroatoms. The summed E-state index contributed by atoms with van der Waals surface area (Å²) in [4.78, 5) is 14.0. The molecule has 0 saturated carbocycles. The summed E-state index contributed by atoms with van der Waals surface area (Å²) in [5.74, 6) is -0.0514. The van der Waals surface area contributed by atoms with Crippen molar-refractivity contribution in [2.75, 3.05) is 18.9 Å². The van der Waals surface area contributed by atoms with Crippen LogP contribution in [-0.4, -0.2) is 24.4 Å². The summed E-state index contributed by atoms with van der Waals surface area (Å²) >= 11 is 0. The summed E-state index contributed by atoms with van der Waals surface area (Å²) in [6, 6.07) is 17.3. The summed E-state index contributed by atoms with van der Waals surface area (Å²) in [5, 5.41) is 11.8. The van der Waals surface area contributed by atoms with Crippen LogP contribution in [0.5, 0.6) is 0 Å². The number of hydrogen-bond donors (Lipinski definition) is 1. The van der Waals surface area contributed by atoms with Crippen molar-refractivity contribution in [1.82, 2.24) is 4.90 Å². The molecule has 0 aliphatic heterocycles. The van der Waals surface area contributed by atoms with Gasteiger partial charge in [-0.05, 0) is 49.4 Å². The van der Waals surface area contributed by atoms with E-state index in [1.54, 1.807) is 6.07 Å². The van der Waals surface area contributed by atoms with Crippen molar-refractivity contribution in [1.29, 1.82) is 5.26 Å². The Morgan fingerprint density at radius 1 is 1.23 bits per heavy atom. The van der Waals surface area contributed by atoms with Crippen LogP contribution < -0.4 is 5.32 Å². The summed E-state index contributed by atoms with van der Waals surface area (Å²) in [6.45, 7) is 2.91. The van der Waals surface area contributed by atoms with Gasteiger partial charge in [-0.25, -0.2) is 0 Å². The van der Waals surface area contributed by atoms with Gasteiger partial charge in [0.1, 0.15) is 0 Å². The third-order valence-electron chi connectivity index (χ3n) is 3.22. The third kappa shape index (κ3) is 4.72. The van der Waals surface area contributed by atoms with Crippen LogP contribution in [0.3, 0.4) is 0 Å². The molecule has 1 amide bonds. The van der Waals surface area contributed by atoms with Gasteiger partial charge in [-0.1, -0.05) is 24.3 Å². The predicted octanol–water partition coefficient (Wildman–Crippen LogP) is 2.94. The van der Waals surface area contributed by atoms with Crippen LogP contribution >= 0.6 is 0 Å². The second-order valence-corrected chi connectivity index (χ2v) is 5.40. The average molecular weight is 293 g/mol. The highest BCUT2D eigenvalue weighted by molar-refractivity contribution is 5.92. The number of nitriles is 1. The fourth-order valence-electron chi connectivity index (χ4n) is 2.28. The van der Waals surface area contributed by atoms with E-state index in [0.717, 1.165) is 16.8 Å². The molecule has 2 rings (SSSR count). The Labute approximate surface area is 131 Å². The van der Waals surface area contributed by atoms with Crippen LogP contribution in [0.1, 0.15) is 16.7 Å². The van der Waals surface area contributed by atoms with Crippen molar-refractivity contribution in [3.05, 3.63) is 65.2 Å². The smallest absolute Gasteiger partial charge is 0.238 e. The van der Waals surface area contributed by atoms with Gasteiger partial charge in [0.05, 0.1) is 18.2 Å². The van der Waals surface area contributed by atoms with E-state index >= 15 is 0 Å². The minimum Gasteiger partial charge on any atom is -0.325 e. The lowest BCUT2D eigenvalue weighted by Crippen LogP contribution is -2.29. The second kappa shape index (κ2) is 7.39. The van der Waals surface area contributed by atoms with Crippen molar-refractivity contribution in [3.63, 3.8) is 0 Å². The van der Waals surface area contributed by atoms with E-state index in [9.17, 15) is 4.79 Å². The average Bonchev–Trinajstić information content (AvgIpc) is 2.47. The number of carbonyl (C=O) groups is 1. The molecule has 0 fully saturated rings. The first-order valence-electron chi connectivity index (χ1n) is 7.11. The number of nitrogens with zero attached hydrogens (tertiary/aromatic N) is 2. The number of carbonyl (C=O) groups excluding carboxylic acids is 1. The Morgan fingerprint density at radius 2 is 2.00 bits per heavy atom. The Balaban J connectivity index is 1.89. The zero-order chi connectivity index (χ0) is 15.9. The van der Waals surface area contributed by atoms with Crippen LogP contribution in [0.2, 0.25) is 0 Å². The highest BCUT2D eigenvalue weighted by atomic mass is 16.2. The molecule has 0 spiro atoms. The summed E-state index contributed by atoms with van der Waals surface area (Å²) in [7, 11) is 1.88. The number of rotatable bonds is 5. The number of aryl methyl sites for hydroxylation is 1. The fourth-order valence-corrected chi connectivity index (χ4v) is 2.28. The van der Waals surface area contributed by atoms with Gasteiger partial charge < -0.3 is 5.32 Å². The van der Waals surface area contributed by atoms with Gasteiger partial charge in [0, 0.05) is 12.2 Å². The van der Waals surface area contributed by atoms with E-state index in [1.807, 2.05) is 61.3 Å². The number of benzene rings is 2. The molecular weight excluding hydrogens is 274 g/mol. The Kier molecular flexibility index (Phi) is 5.29. The van der Waals surface area contributed by atoms with Crippen LogP contribution in [0.25, 0.3) is 0 Å². The maximum absolute atomic E-state index is 12.0. The van der Waals surface area contributed by atoms with E-state index < -0.39 is 0 Å². The lowest BCUT2D eigenvalue weighted by atomic mass is 10.1. The number of likely N-dealkylation sites (N-methyl/N-ethyl adjacent to an activating group) is 1. The molecular formula is C18H19N3O. The highest BCUT2D eigenvalue weighted by Gasteiger charge is 2.08. The predicted molar refractivity (Wildman–Crippen MR) is 87.3 cm³/mol. The van der Waals surface area contributed by atoms with Crippen molar-refractivity contribution in [3.8, 4) is 6.07 Å². The zero-order valence-corrected chi connectivity index (χ0v) is 12.8. The lowest BCUT2D eigenvalue weighted by Gasteiger charge is -2.16. The van der Waals surface area contributed by atoms with Crippen LogP contribution in [0.4, 0.5) is 5.69 Å². The minimum atomic E-state index is -0.0514. The minimum absolute atomic E-state index is 0.0514. The van der Waals surface area contributed by atoms with Crippen LogP contribution in [0, 0.1) is 18.3 Å². The van der Waals surface area contributed by atoms with Crippen molar-refractivity contribution in [2.45, 2.75) is 13.5 Å². The molecule has 2 aromatic carbocycles. The number of nitrogens with one attached hydrogen (secondary N) is 1. The molecule has 0 bridgehead atoms. The Morgan fingerprint density at radius 3 is 2.73 bits per heavy atom. The zero-order valence-electron chi connectivity index (χ0n) is 12.8. The Hall–Kier alpha value is -2.64. The summed E-state index contributed by atoms with van der Waals surface area (Å²) in [5.41, 5.74) is 3.57. The maximum atomic E-state index is 12.0. The molecule has 112 valence electrons. The van der Waals surface area contributed by atoms with Crippen LogP contribution in [0.15, 0.2) is 48.5 Å². The first kappa shape index (κ1) is 15.7. The molecule has 0 unspecified atom stereocenters. The van der Waals surface area contributed by atoms with Crippen LogP contribution in [-0.2, 0) is 11.3 Å².